The van der Waals surface area contributed by atoms with Gasteiger partial charge in [0.1, 0.15) is 0 Å². The van der Waals surface area contributed by atoms with E-state index in [0.29, 0.717) is 3.42 Å². The van der Waals surface area contributed by atoms with Crippen molar-refractivity contribution >= 4 is 42.4 Å². The Morgan fingerprint density at radius 2 is 1.94 bits per heavy atom. The Kier molecular flexibility index (Phi) is 10.4. The first-order valence-corrected chi connectivity index (χ1v) is 13.2. The van der Waals surface area contributed by atoms with Crippen LogP contribution in [0.2, 0.25) is 0 Å². The van der Waals surface area contributed by atoms with Gasteiger partial charge in [-0.3, -0.25) is 0 Å². The van der Waals surface area contributed by atoms with Crippen LogP contribution < -0.4 is 0 Å². The van der Waals surface area contributed by atoms with Crippen molar-refractivity contribution in [2.24, 2.45) is 5.92 Å². The first-order valence-electron chi connectivity index (χ1n) is 6.89. The standard InChI is InChI=1S/C16H30I2/c1-7-9-15(10-12-17)11-13-18(6)16(4,5)14(3)8-2/h15H,2,7,9-13H2,1,3-6H3. The van der Waals surface area contributed by atoms with Crippen LogP contribution in [0.5, 0.6) is 0 Å². The molecule has 0 fully saturated rings. The molecule has 0 rings (SSSR count). The molecule has 0 aliphatic heterocycles. The second-order valence-corrected chi connectivity index (χ2v) is 13.7. The van der Waals surface area contributed by atoms with Gasteiger partial charge in [0.25, 0.3) is 0 Å². The molecule has 0 nitrogen and oxygen atoms in total. The summed E-state index contributed by atoms with van der Waals surface area (Å²) < 4.78 is 3.19. The minimum absolute atomic E-state index is 0.396. The maximum atomic E-state index is 3.83. The first kappa shape index (κ1) is 19.0. The molecule has 0 heterocycles. The van der Waals surface area contributed by atoms with Gasteiger partial charge >= 0.3 is 137 Å². The van der Waals surface area contributed by atoms with Gasteiger partial charge in [-0.2, -0.15) is 0 Å². The van der Waals surface area contributed by atoms with E-state index in [1.165, 1.54) is 40.1 Å². The van der Waals surface area contributed by atoms with E-state index in [-0.39, 0.29) is 0 Å². The summed E-state index contributed by atoms with van der Waals surface area (Å²) in [5.74, 6) is 0.968. The van der Waals surface area contributed by atoms with E-state index in [2.05, 4.69) is 67.5 Å². The van der Waals surface area contributed by atoms with Gasteiger partial charge in [0, 0.05) is 0 Å². The minimum atomic E-state index is -0.920. The van der Waals surface area contributed by atoms with Gasteiger partial charge in [-0.05, 0) is 0 Å². The van der Waals surface area contributed by atoms with Crippen molar-refractivity contribution in [3.63, 3.8) is 0 Å². The third kappa shape index (κ3) is 6.42. The van der Waals surface area contributed by atoms with Crippen LogP contribution in [0, 0.1) is 5.92 Å². The summed E-state index contributed by atoms with van der Waals surface area (Å²) in [5, 5.41) is 0. The van der Waals surface area contributed by atoms with Crippen molar-refractivity contribution in [3.8, 4) is 0 Å². The Morgan fingerprint density at radius 1 is 1.33 bits per heavy atom. The van der Waals surface area contributed by atoms with Crippen LogP contribution in [0.1, 0.15) is 53.4 Å². The van der Waals surface area contributed by atoms with Crippen molar-refractivity contribution in [2.45, 2.75) is 56.8 Å². The van der Waals surface area contributed by atoms with Crippen molar-refractivity contribution in [3.05, 3.63) is 17.9 Å². The molecule has 18 heavy (non-hydrogen) atoms. The zero-order chi connectivity index (χ0) is 14.2. The van der Waals surface area contributed by atoms with E-state index in [1.54, 1.807) is 0 Å². The number of alkyl halides is 4. The van der Waals surface area contributed by atoms with Crippen molar-refractivity contribution in [2.75, 3.05) is 13.8 Å². The molecule has 1 atom stereocenters. The molecule has 0 saturated carbocycles. The number of hydrogen-bond donors (Lipinski definition) is 0. The van der Waals surface area contributed by atoms with Gasteiger partial charge in [-0.1, -0.05) is 0 Å². The van der Waals surface area contributed by atoms with Crippen LogP contribution in [0.25, 0.3) is 0 Å². The fraction of sp³-hybridized carbons (Fsp3) is 0.812. The first-order chi connectivity index (χ1) is 8.39. The Balaban J connectivity index is 4.38. The summed E-state index contributed by atoms with van der Waals surface area (Å²) in [4.78, 5) is 2.54. The van der Waals surface area contributed by atoms with Crippen LogP contribution >= 0.6 is 42.4 Å². The Hall–Kier alpha value is 0.980. The zero-order valence-corrected chi connectivity index (χ0v) is 17.1. The number of halogens is 2. The van der Waals surface area contributed by atoms with Crippen LogP contribution in [-0.4, -0.2) is 17.2 Å². The topological polar surface area (TPSA) is 0 Å². The number of rotatable bonds is 9. The summed E-state index contributed by atoms with van der Waals surface area (Å²) >= 11 is 1.60. The van der Waals surface area contributed by atoms with Gasteiger partial charge < -0.3 is 0 Å². The molecule has 108 valence electrons. The molecule has 1 unspecified atom stereocenters. The predicted octanol–water partition coefficient (Wildman–Crippen LogP) is 6.26. The third-order valence-electron chi connectivity index (χ3n) is 3.98. The zero-order valence-electron chi connectivity index (χ0n) is 12.8. The fourth-order valence-electron chi connectivity index (χ4n) is 2.00. The summed E-state index contributed by atoms with van der Waals surface area (Å²) in [6.45, 7) is 13.1. The summed E-state index contributed by atoms with van der Waals surface area (Å²) in [7, 11) is 0. The van der Waals surface area contributed by atoms with E-state index in [4.69, 9.17) is 0 Å². The normalized spacial score (nSPS) is 14.0. The second kappa shape index (κ2) is 9.82. The van der Waals surface area contributed by atoms with Gasteiger partial charge in [0.05, 0.1) is 0 Å². The molecular weight excluding hydrogens is 446 g/mol. The third-order valence-corrected chi connectivity index (χ3v) is 12.3. The molecule has 0 aromatic rings. The Bertz CT molecular complexity index is 269. The Morgan fingerprint density at radius 3 is 2.39 bits per heavy atom. The molecule has 0 spiro atoms. The van der Waals surface area contributed by atoms with Crippen molar-refractivity contribution in [1.29, 1.82) is 0 Å². The monoisotopic (exact) mass is 476 g/mol. The van der Waals surface area contributed by atoms with E-state index < -0.39 is 19.8 Å². The van der Waals surface area contributed by atoms with Crippen molar-refractivity contribution in [1.82, 2.24) is 0 Å². The molecule has 0 amide bonds. The molecule has 0 N–H and O–H groups in total. The second-order valence-electron chi connectivity index (χ2n) is 5.47. The van der Waals surface area contributed by atoms with Gasteiger partial charge in [0.2, 0.25) is 0 Å². The van der Waals surface area contributed by atoms with Gasteiger partial charge in [0.15, 0.2) is 0 Å². The average molecular weight is 476 g/mol. The SMILES string of the molecule is C=C=C(C)C(C)(C)I(C)CCC(CCC)CCI. The molecule has 0 radical (unpaired) electrons. The van der Waals surface area contributed by atoms with E-state index in [1.807, 2.05) is 0 Å². The summed E-state index contributed by atoms with van der Waals surface area (Å²) in [6.07, 6.45) is 5.62. The number of hydrogen-bond acceptors (Lipinski definition) is 0. The average Bonchev–Trinajstić information content (AvgIpc) is 2.34. The van der Waals surface area contributed by atoms with E-state index in [9.17, 15) is 0 Å². The molecule has 2 heteroatoms. The predicted molar refractivity (Wildman–Crippen MR) is 104 cm³/mol. The van der Waals surface area contributed by atoms with Crippen LogP contribution in [0.15, 0.2) is 17.9 Å². The van der Waals surface area contributed by atoms with E-state index in [0.717, 1.165) is 5.92 Å². The molecule has 0 aromatic carbocycles. The van der Waals surface area contributed by atoms with Crippen LogP contribution in [0.4, 0.5) is 0 Å². The van der Waals surface area contributed by atoms with Gasteiger partial charge in [-0.15, -0.1) is 0 Å². The quantitative estimate of drug-likeness (QED) is 0.209. The summed E-state index contributed by atoms with van der Waals surface area (Å²) in [5.41, 5.74) is 4.50. The molecule has 0 bridgehead atoms. The Labute approximate surface area is 136 Å². The van der Waals surface area contributed by atoms with E-state index >= 15 is 0 Å². The van der Waals surface area contributed by atoms with Crippen LogP contribution in [-0.2, 0) is 0 Å². The molecule has 0 aliphatic rings. The summed E-state index contributed by atoms with van der Waals surface area (Å²) in [6, 6.07) is 0. The molecule has 0 aliphatic carbocycles. The fourth-order valence-corrected chi connectivity index (χ4v) is 7.62. The van der Waals surface area contributed by atoms with Crippen molar-refractivity contribution < 1.29 is 0 Å². The molecule has 0 saturated heterocycles. The molecular formula is C16H30I2. The van der Waals surface area contributed by atoms with Gasteiger partial charge in [-0.25, -0.2) is 0 Å². The number of allylic oxidation sites excluding steroid dienone is 1. The maximum absolute atomic E-state index is 3.83. The van der Waals surface area contributed by atoms with Crippen LogP contribution in [0.3, 0.4) is 0 Å². The molecule has 0 aromatic heterocycles.